The Labute approximate surface area is 83.7 Å². The topological polar surface area (TPSA) is 9.23 Å². The van der Waals surface area contributed by atoms with Crippen molar-refractivity contribution in [3.8, 4) is 5.75 Å². The molecule has 1 fully saturated rings. The van der Waals surface area contributed by atoms with Crippen LogP contribution >= 0.6 is 0 Å². The molecule has 82 valence electrons. The van der Waals surface area contributed by atoms with Crippen molar-refractivity contribution in [2.75, 3.05) is 0 Å². The lowest BCUT2D eigenvalue weighted by atomic mass is 10.2. The minimum atomic E-state index is -4.46. The molecule has 0 bridgehead atoms. The van der Waals surface area contributed by atoms with E-state index in [1.54, 1.807) is 0 Å². The molecule has 0 unspecified atom stereocenters. The first-order valence-corrected chi connectivity index (χ1v) is 4.50. The Balaban J connectivity index is 2.27. The molecule has 0 aromatic heterocycles. The number of benzene rings is 1. The highest BCUT2D eigenvalue weighted by Crippen LogP contribution is 2.34. The molecule has 5 heteroatoms. The van der Waals surface area contributed by atoms with Gasteiger partial charge in [-0.2, -0.15) is 13.2 Å². The van der Waals surface area contributed by atoms with Crippen molar-refractivity contribution in [1.29, 1.82) is 0 Å². The molecule has 15 heavy (non-hydrogen) atoms. The molecule has 1 aromatic rings. The maximum Gasteiger partial charge on any atom is 0.416 e. The predicted octanol–water partition coefficient (Wildman–Crippen LogP) is 3.39. The Kier molecular flexibility index (Phi) is 2.32. The summed E-state index contributed by atoms with van der Waals surface area (Å²) in [6, 6.07) is 2.18. The van der Waals surface area contributed by atoms with Crippen molar-refractivity contribution in [2.45, 2.75) is 25.1 Å². The third kappa shape index (κ3) is 2.40. The van der Waals surface area contributed by atoms with Gasteiger partial charge in [0, 0.05) is 0 Å². The summed E-state index contributed by atoms with van der Waals surface area (Å²) in [5.74, 6) is -1.07. The number of hydrogen-bond donors (Lipinski definition) is 0. The Morgan fingerprint density at radius 3 is 2.40 bits per heavy atom. The normalized spacial score (nSPS) is 16.5. The average Bonchev–Trinajstić information content (AvgIpc) is 2.90. The van der Waals surface area contributed by atoms with Gasteiger partial charge < -0.3 is 4.74 Å². The van der Waals surface area contributed by atoms with Gasteiger partial charge in [-0.15, -0.1) is 0 Å². The van der Waals surface area contributed by atoms with Gasteiger partial charge in [0.15, 0.2) is 11.6 Å². The summed E-state index contributed by atoms with van der Waals surface area (Å²) in [4.78, 5) is 0. The van der Waals surface area contributed by atoms with Crippen LogP contribution in [0.25, 0.3) is 0 Å². The Hall–Kier alpha value is -1.26. The van der Waals surface area contributed by atoms with Gasteiger partial charge in [0.25, 0.3) is 0 Å². The van der Waals surface area contributed by atoms with E-state index in [-0.39, 0.29) is 11.9 Å². The van der Waals surface area contributed by atoms with Crippen LogP contribution in [0.3, 0.4) is 0 Å². The highest BCUT2D eigenvalue weighted by molar-refractivity contribution is 5.32. The van der Waals surface area contributed by atoms with Crippen molar-refractivity contribution in [1.82, 2.24) is 0 Å². The number of alkyl halides is 3. The minimum absolute atomic E-state index is 0.122. The van der Waals surface area contributed by atoms with Crippen LogP contribution in [-0.2, 0) is 6.18 Å². The van der Waals surface area contributed by atoms with Gasteiger partial charge >= 0.3 is 6.18 Å². The Bertz CT molecular complexity index is 368. The molecular weight excluding hydrogens is 212 g/mol. The quantitative estimate of drug-likeness (QED) is 0.694. The summed E-state index contributed by atoms with van der Waals surface area (Å²) >= 11 is 0. The fourth-order valence-corrected chi connectivity index (χ4v) is 1.14. The van der Waals surface area contributed by atoms with E-state index in [1.165, 1.54) is 0 Å². The monoisotopic (exact) mass is 220 g/mol. The van der Waals surface area contributed by atoms with Crippen LogP contribution in [0.15, 0.2) is 18.2 Å². The maximum atomic E-state index is 13.1. The number of ether oxygens (including phenoxy) is 1. The second-order valence-electron chi connectivity index (χ2n) is 3.46. The summed E-state index contributed by atoms with van der Waals surface area (Å²) in [6.45, 7) is 0. The highest BCUT2D eigenvalue weighted by Gasteiger charge is 2.32. The lowest BCUT2D eigenvalue weighted by molar-refractivity contribution is -0.137. The average molecular weight is 220 g/mol. The van der Waals surface area contributed by atoms with E-state index < -0.39 is 17.6 Å². The lowest BCUT2D eigenvalue weighted by Crippen LogP contribution is -2.07. The van der Waals surface area contributed by atoms with Gasteiger partial charge in [0.1, 0.15) is 0 Å². The van der Waals surface area contributed by atoms with Gasteiger partial charge in [-0.05, 0) is 31.0 Å². The van der Waals surface area contributed by atoms with Gasteiger partial charge in [0.2, 0.25) is 0 Å². The highest BCUT2D eigenvalue weighted by atomic mass is 19.4. The molecule has 0 amide bonds. The fraction of sp³-hybridized carbons (Fsp3) is 0.400. The molecule has 1 nitrogen and oxygen atoms in total. The molecule has 0 atom stereocenters. The van der Waals surface area contributed by atoms with Crippen LogP contribution in [0.1, 0.15) is 18.4 Å². The van der Waals surface area contributed by atoms with Crippen LogP contribution in [0.2, 0.25) is 0 Å². The van der Waals surface area contributed by atoms with Crippen molar-refractivity contribution >= 4 is 0 Å². The van der Waals surface area contributed by atoms with Crippen LogP contribution in [-0.4, -0.2) is 6.10 Å². The standard InChI is InChI=1S/C10H8F4O/c11-8-4-1-6(10(12,13)14)5-9(8)15-7-2-3-7/h1,4-5,7H,2-3H2. The number of halogens is 4. The van der Waals surface area contributed by atoms with E-state index >= 15 is 0 Å². The summed E-state index contributed by atoms with van der Waals surface area (Å²) in [6.07, 6.45) is -3.04. The summed E-state index contributed by atoms with van der Waals surface area (Å²) in [5, 5.41) is 0. The van der Waals surface area contributed by atoms with E-state index in [9.17, 15) is 17.6 Å². The smallest absolute Gasteiger partial charge is 0.416 e. The molecule has 0 N–H and O–H groups in total. The molecule has 2 rings (SSSR count). The van der Waals surface area contributed by atoms with E-state index in [1.807, 2.05) is 0 Å². The third-order valence-corrected chi connectivity index (χ3v) is 2.08. The third-order valence-electron chi connectivity index (χ3n) is 2.08. The van der Waals surface area contributed by atoms with E-state index in [4.69, 9.17) is 4.74 Å². The van der Waals surface area contributed by atoms with Crippen LogP contribution < -0.4 is 4.74 Å². The fourth-order valence-electron chi connectivity index (χ4n) is 1.14. The molecule has 0 saturated heterocycles. The Morgan fingerprint density at radius 1 is 1.20 bits per heavy atom. The van der Waals surface area contributed by atoms with Crippen LogP contribution in [0, 0.1) is 5.82 Å². The molecule has 1 aliphatic rings. The van der Waals surface area contributed by atoms with Gasteiger partial charge in [-0.25, -0.2) is 4.39 Å². The molecule has 0 radical (unpaired) electrons. The van der Waals surface area contributed by atoms with Gasteiger partial charge in [-0.3, -0.25) is 0 Å². The molecule has 1 aromatic carbocycles. The van der Waals surface area contributed by atoms with Crippen LogP contribution in [0.4, 0.5) is 17.6 Å². The molecule has 0 spiro atoms. The van der Waals surface area contributed by atoms with E-state index in [0.717, 1.165) is 18.9 Å². The molecule has 0 aliphatic heterocycles. The van der Waals surface area contributed by atoms with Crippen LogP contribution in [0.5, 0.6) is 5.75 Å². The minimum Gasteiger partial charge on any atom is -0.487 e. The van der Waals surface area contributed by atoms with Crippen molar-refractivity contribution < 1.29 is 22.3 Å². The van der Waals surface area contributed by atoms with Crippen molar-refractivity contribution in [2.24, 2.45) is 0 Å². The van der Waals surface area contributed by atoms with Crippen molar-refractivity contribution in [3.63, 3.8) is 0 Å². The summed E-state index contributed by atoms with van der Waals surface area (Å²) in [5.41, 5.74) is -0.889. The van der Waals surface area contributed by atoms with Gasteiger partial charge in [0.05, 0.1) is 11.7 Å². The van der Waals surface area contributed by atoms with Gasteiger partial charge in [-0.1, -0.05) is 0 Å². The molecular formula is C10H8F4O. The molecule has 1 saturated carbocycles. The first-order valence-electron chi connectivity index (χ1n) is 4.50. The summed E-state index contributed by atoms with van der Waals surface area (Å²) < 4.78 is 54.9. The second kappa shape index (κ2) is 3.40. The molecule has 1 aliphatic carbocycles. The zero-order valence-corrected chi connectivity index (χ0v) is 7.64. The van der Waals surface area contributed by atoms with E-state index in [0.29, 0.717) is 12.1 Å². The summed E-state index contributed by atoms with van der Waals surface area (Å²) in [7, 11) is 0. The van der Waals surface area contributed by atoms with Crippen molar-refractivity contribution in [3.05, 3.63) is 29.6 Å². The maximum absolute atomic E-state index is 13.1. The zero-order chi connectivity index (χ0) is 11.1. The largest absolute Gasteiger partial charge is 0.487 e. The Morgan fingerprint density at radius 2 is 1.87 bits per heavy atom. The first kappa shape index (κ1) is 10.3. The second-order valence-corrected chi connectivity index (χ2v) is 3.46. The van der Waals surface area contributed by atoms with E-state index in [2.05, 4.69) is 0 Å². The zero-order valence-electron chi connectivity index (χ0n) is 7.64. The number of rotatable bonds is 2. The first-order chi connectivity index (χ1) is 6.97. The number of hydrogen-bond acceptors (Lipinski definition) is 1. The SMILES string of the molecule is Fc1ccc(C(F)(F)F)cc1OC1CC1. The lowest BCUT2D eigenvalue weighted by Gasteiger charge is -2.10. The predicted molar refractivity (Wildman–Crippen MR) is 45.1 cm³/mol. The molecule has 0 heterocycles.